The largest absolute Gasteiger partial charge is 0.444 e. The molecule has 2 atom stereocenters. The van der Waals surface area contributed by atoms with Crippen molar-refractivity contribution in [2.24, 2.45) is 5.92 Å². The molecule has 2 aliphatic rings. The van der Waals surface area contributed by atoms with E-state index in [1.807, 2.05) is 0 Å². The molecule has 29 heavy (non-hydrogen) atoms. The fraction of sp³-hybridized carbons (Fsp3) is 0.800. The number of likely N-dealkylation sites (tertiary alicyclic amines) is 1. The van der Waals surface area contributed by atoms with Crippen molar-refractivity contribution in [3.63, 3.8) is 0 Å². The van der Waals surface area contributed by atoms with Gasteiger partial charge in [-0.3, -0.25) is 4.98 Å². The third-order valence-electron chi connectivity index (χ3n) is 5.76. The highest BCUT2D eigenvalue weighted by molar-refractivity contribution is 5.68. The molecule has 0 spiro atoms. The molecule has 2 N–H and O–H groups in total. The number of aromatic amines is 1. The van der Waals surface area contributed by atoms with Gasteiger partial charge in [-0.2, -0.15) is 4.98 Å². The fourth-order valence-electron chi connectivity index (χ4n) is 4.23. The van der Waals surface area contributed by atoms with Crippen LogP contribution in [-0.2, 0) is 4.74 Å². The van der Waals surface area contributed by atoms with E-state index in [-0.39, 0.29) is 18.5 Å². The minimum Gasteiger partial charge on any atom is -0.444 e. The van der Waals surface area contributed by atoms with Gasteiger partial charge in [-0.15, -0.1) is 0 Å². The van der Waals surface area contributed by atoms with Crippen molar-refractivity contribution < 1.29 is 9.53 Å². The number of H-pyrrole nitrogens is 1. The Morgan fingerprint density at radius 3 is 2.52 bits per heavy atom. The van der Waals surface area contributed by atoms with Gasteiger partial charge in [-0.1, -0.05) is 19.3 Å². The van der Waals surface area contributed by atoms with Gasteiger partial charge < -0.3 is 15.0 Å². The van der Waals surface area contributed by atoms with Crippen LogP contribution in [-0.4, -0.2) is 50.3 Å². The lowest BCUT2D eigenvalue weighted by Crippen LogP contribution is -2.43. The average Bonchev–Trinajstić information content (AvgIpc) is 3.10. The monoisotopic (exact) mass is 407 g/mol. The Balaban J connectivity index is 1.68. The molecule has 1 aliphatic heterocycles. The van der Waals surface area contributed by atoms with E-state index in [1.165, 1.54) is 24.2 Å². The second-order valence-electron chi connectivity index (χ2n) is 9.24. The first-order valence-electron chi connectivity index (χ1n) is 10.6. The highest BCUT2D eigenvalue weighted by atomic mass is 16.6. The Hall–Kier alpha value is -2.32. The maximum Gasteiger partial charge on any atom is 0.410 e. The molecule has 1 amide bonds. The predicted octanol–water partition coefficient (Wildman–Crippen LogP) is 2.49. The molecule has 9 heteroatoms. The van der Waals surface area contributed by atoms with E-state index in [4.69, 9.17) is 4.74 Å². The van der Waals surface area contributed by atoms with Gasteiger partial charge in [-0.05, 0) is 52.9 Å². The summed E-state index contributed by atoms with van der Waals surface area (Å²) < 4.78 is 6.49. The smallest absolute Gasteiger partial charge is 0.410 e. The molecule has 1 aromatic heterocycles. The summed E-state index contributed by atoms with van der Waals surface area (Å²) in [5.74, 6) is 0.741. The molecule has 3 rings (SSSR count). The summed E-state index contributed by atoms with van der Waals surface area (Å²) in [7, 11) is 0. The first-order valence-corrected chi connectivity index (χ1v) is 10.6. The van der Waals surface area contributed by atoms with Gasteiger partial charge in [0, 0.05) is 19.1 Å². The lowest BCUT2D eigenvalue weighted by molar-refractivity contribution is 0.0288. The number of rotatable bonds is 4. The van der Waals surface area contributed by atoms with Crippen LogP contribution in [0.25, 0.3) is 0 Å². The van der Waals surface area contributed by atoms with Crippen molar-refractivity contribution in [1.29, 1.82) is 0 Å². The molecule has 1 saturated carbocycles. The van der Waals surface area contributed by atoms with Crippen LogP contribution in [0.4, 0.5) is 10.7 Å². The molecule has 1 unspecified atom stereocenters. The Morgan fingerprint density at radius 2 is 1.90 bits per heavy atom. The Bertz CT molecular complexity index is 803. The Kier molecular flexibility index (Phi) is 6.33. The molecule has 1 aliphatic carbocycles. The number of hydrogen-bond acceptors (Lipinski definition) is 6. The summed E-state index contributed by atoms with van der Waals surface area (Å²) in [5.41, 5.74) is -1.68. The molecule has 9 nitrogen and oxygen atoms in total. The quantitative estimate of drug-likeness (QED) is 0.794. The number of carbonyl (C=O) groups is 1. The maximum absolute atomic E-state index is 12.6. The summed E-state index contributed by atoms with van der Waals surface area (Å²) in [6.07, 6.45) is 6.09. The van der Waals surface area contributed by atoms with Crippen molar-refractivity contribution >= 4 is 12.0 Å². The molecule has 2 heterocycles. The van der Waals surface area contributed by atoms with Crippen LogP contribution in [0, 0.1) is 5.92 Å². The Morgan fingerprint density at radius 1 is 1.21 bits per heavy atom. The number of ether oxygens (including phenoxy) is 1. The standard InChI is InChI=1S/C20H33N5O4/c1-13(14-8-6-5-7-9-14)21-16-22-17(26)25(18(27)23-16)15-10-11-24(12-15)19(28)29-20(2,3)4/h13-15H,5-12H2,1-4H3,(H2,21,22,23,26,27)/t13-,15?/m0/s1. The second-order valence-corrected chi connectivity index (χ2v) is 9.24. The van der Waals surface area contributed by atoms with E-state index >= 15 is 0 Å². The highest BCUT2D eigenvalue weighted by Crippen LogP contribution is 2.27. The van der Waals surface area contributed by atoms with E-state index in [9.17, 15) is 14.4 Å². The van der Waals surface area contributed by atoms with Crippen LogP contribution < -0.4 is 16.7 Å². The molecular formula is C20H33N5O4. The molecule has 0 radical (unpaired) electrons. The van der Waals surface area contributed by atoms with Crippen molar-refractivity contribution in [1.82, 2.24) is 19.4 Å². The minimum atomic E-state index is -0.594. The zero-order valence-electron chi connectivity index (χ0n) is 17.9. The minimum absolute atomic E-state index is 0.142. The summed E-state index contributed by atoms with van der Waals surface area (Å²) in [6.45, 7) is 8.17. The fourth-order valence-corrected chi connectivity index (χ4v) is 4.23. The van der Waals surface area contributed by atoms with Crippen LogP contribution in [0.2, 0.25) is 0 Å². The van der Waals surface area contributed by atoms with E-state index in [1.54, 1.807) is 20.8 Å². The zero-order chi connectivity index (χ0) is 21.2. The molecule has 1 saturated heterocycles. The van der Waals surface area contributed by atoms with E-state index < -0.39 is 29.1 Å². The van der Waals surface area contributed by atoms with Crippen LogP contribution in [0.3, 0.4) is 0 Å². The second kappa shape index (κ2) is 8.59. The zero-order valence-corrected chi connectivity index (χ0v) is 17.9. The molecule has 0 aromatic carbocycles. The molecule has 0 bridgehead atoms. The summed E-state index contributed by atoms with van der Waals surface area (Å²) in [4.78, 5) is 45.7. The Labute approximate surface area is 170 Å². The third kappa shape index (κ3) is 5.39. The topological polar surface area (TPSA) is 109 Å². The van der Waals surface area contributed by atoms with Crippen molar-refractivity contribution in [2.75, 3.05) is 18.4 Å². The maximum atomic E-state index is 12.6. The first-order chi connectivity index (χ1) is 13.6. The lowest BCUT2D eigenvalue weighted by Gasteiger charge is -2.28. The van der Waals surface area contributed by atoms with Crippen molar-refractivity contribution in [3.05, 3.63) is 21.0 Å². The van der Waals surface area contributed by atoms with Crippen LogP contribution in [0.5, 0.6) is 0 Å². The normalized spacial score (nSPS) is 21.8. The first kappa shape index (κ1) is 21.4. The van der Waals surface area contributed by atoms with Crippen molar-refractivity contribution in [3.8, 4) is 0 Å². The molecular weight excluding hydrogens is 374 g/mol. The van der Waals surface area contributed by atoms with Gasteiger partial charge in [0.2, 0.25) is 5.95 Å². The highest BCUT2D eigenvalue weighted by Gasteiger charge is 2.32. The van der Waals surface area contributed by atoms with Crippen LogP contribution in [0.1, 0.15) is 72.3 Å². The van der Waals surface area contributed by atoms with Crippen LogP contribution in [0.15, 0.2) is 9.59 Å². The van der Waals surface area contributed by atoms with Gasteiger partial charge >= 0.3 is 17.5 Å². The number of amides is 1. The summed E-state index contributed by atoms with van der Waals surface area (Å²) >= 11 is 0. The van der Waals surface area contributed by atoms with E-state index in [0.717, 1.165) is 17.4 Å². The average molecular weight is 408 g/mol. The number of nitrogens with zero attached hydrogens (tertiary/aromatic N) is 3. The summed E-state index contributed by atoms with van der Waals surface area (Å²) in [6, 6.07) is -0.265. The van der Waals surface area contributed by atoms with Gasteiger partial charge in [-0.25, -0.2) is 19.0 Å². The molecule has 2 fully saturated rings. The number of carbonyl (C=O) groups excluding carboxylic acids is 1. The number of nitrogens with one attached hydrogen (secondary N) is 2. The predicted molar refractivity (Wildman–Crippen MR) is 110 cm³/mol. The summed E-state index contributed by atoms with van der Waals surface area (Å²) in [5, 5.41) is 3.20. The van der Waals surface area contributed by atoms with Gasteiger partial charge in [0.1, 0.15) is 5.60 Å². The third-order valence-corrected chi connectivity index (χ3v) is 5.76. The van der Waals surface area contributed by atoms with Crippen LogP contribution >= 0.6 is 0 Å². The van der Waals surface area contributed by atoms with Gasteiger partial charge in [0.15, 0.2) is 0 Å². The van der Waals surface area contributed by atoms with E-state index in [2.05, 4.69) is 22.2 Å². The molecule has 162 valence electrons. The lowest BCUT2D eigenvalue weighted by atomic mass is 9.85. The SMILES string of the molecule is C[C@H](Nc1nc(=O)n(C2CCN(C(=O)OC(C)(C)C)C2)c(=O)[nH]1)C1CCCCC1. The number of hydrogen-bond donors (Lipinski definition) is 2. The van der Waals surface area contributed by atoms with Crippen molar-refractivity contribution in [2.45, 2.75) is 83.9 Å². The van der Waals surface area contributed by atoms with Gasteiger partial charge in [0.05, 0.1) is 6.04 Å². The molecule has 1 aromatic rings. The van der Waals surface area contributed by atoms with E-state index in [0.29, 0.717) is 18.9 Å². The van der Waals surface area contributed by atoms with Gasteiger partial charge in [0.25, 0.3) is 0 Å². The number of aromatic nitrogens is 3. The number of anilines is 1.